The van der Waals surface area contributed by atoms with E-state index in [1.807, 2.05) is 0 Å². The highest BCUT2D eigenvalue weighted by Crippen LogP contribution is 2.20. The van der Waals surface area contributed by atoms with E-state index in [0.29, 0.717) is 6.07 Å². The van der Waals surface area contributed by atoms with Gasteiger partial charge in [0, 0.05) is 12.6 Å². The molecule has 0 bridgehead atoms. The van der Waals surface area contributed by atoms with Crippen LogP contribution < -0.4 is 5.32 Å². The number of nitrogens with one attached hydrogen (secondary N) is 1. The summed E-state index contributed by atoms with van der Waals surface area (Å²) in [5.74, 6) is -1.62. The number of halogens is 5. The van der Waals surface area contributed by atoms with Crippen molar-refractivity contribution in [3.8, 4) is 0 Å². The van der Waals surface area contributed by atoms with Crippen molar-refractivity contribution < 1.29 is 22.0 Å². The van der Waals surface area contributed by atoms with Gasteiger partial charge in [0.15, 0.2) is 0 Å². The Morgan fingerprint density at radius 3 is 2.06 bits per heavy atom. The van der Waals surface area contributed by atoms with Crippen LogP contribution in [0.4, 0.5) is 22.0 Å². The van der Waals surface area contributed by atoms with Gasteiger partial charge in [-0.05, 0) is 24.6 Å². The molecule has 0 amide bonds. The van der Waals surface area contributed by atoms with E-state index in [2.05, 4.69) is 5.32 Å². The lowest BCUT2D eigenvalue weighted by molar-refractivity contribution is -0.151. The fraction of sp³-hybridized carbons (Fsp3) is 0.400. The van der Waals surface area contributed by atoms with Crippen molar-refractivity contribution in [3.05, 3.63) is 35.4 Å². The highest BCUT2D eigenvalue weighted by Gasteiger charge is 2.35. The summed E-state index contributed by atoms with van der Waals surface area (Å²) in [4.78, 5) is 0. The van der Waals surface area contributed by atoms with E-state index < -0.39 is 23.9 Å². The SMILES string of the molecule is CC(NCc1cc(F)cc(F)c1)C(F)(F)F. The minimum absolute atomic E-state index is 0.133. The number of benzene rings is 1. The third-order valence-electron chi connectivity index (χ3n) is 2.03. The van der Waals surface area contributed by atoms with Crippen LogP contribution in [0.2, 0.25) is 0 Å². The molecule has 1 N–H and O–H groups in total. The minimum atomic E-state index is -4.37. The first-order chi connectivity index (χ1) is 7.29. The van der Waals surface area contributed by atoms with Crippen LogP contribution in [0.15, 0.2) is 18.2 Å². The molecule has 16 heavy (non-hydrogen) atoms. The summed E-state index contributed by atoms with van der Waals surface area (Å²) in [7, 11) is 0. The predicted octanol–water partition coefficient (Wildman–Crippen LogP) is 3.01. The van der Waals surface area contributed by atoms with Gasteiger partial charge in [0.25, 0.3) is 0 Å². The Balaban J connectivity index is 2.61. The van der Waals surface area contributed by atoms with E-state index in [4.69, 9.17) is 0 Å². The molecule has 0 saturated heterocycles. The molecule has 0 spiro atoms. The van der Waals surface area contributed by atoms with Crippen molar-refractivity contribution in [2.45, 2.75) is 25.7 Å². The van der Waals surface area contributed by atoms with Gasteiger partial charge in [-0.1, -0.05) is 0 Å². The average molecular weight is 239 g/mol. The number of hydrogen-bond acceptors (Lipinski definition) is 1. The molecule has 1 nitrogen and oxygen atoms in total. The molecule has 0 saturated carbocycles. The Bertz CT molecular complexity index is 340. The molecule has 1 unspecified atom stereocenters. The summed E-state index contributed by atoms with van der Waals surface area (Å²) < 4.78 is 61.7. The van der Waals surface area contributed by atoms with Gasteiger partial charge in [0.2, 0.25) is 0 Å². The normalized spacial score (nSPS) is 13.9. The van der Waals surface area contributed by atoms with E-state index in [1.165, 1.54) is 0 Å². The van der Waals surface area contributed by atoms with E-state index in [9.17, 15) is 22.0 Å². The zero-order chi connectivity index (χ0) is 12.3. The van der Waals surface area contributed by atoms with Crippen molar-refractivity contribution in [2.24, 2.45) is 0 Å². The summed E-state index contributed by atoms with van der Waals surface area (Å²) in [6.07, 6.45) is -4.37. The summed E-state index contributed by atoms with van der Waals surface area (Å²) >= 11 is 0. The lowest BCUT2D eigenvalue weighted by Gasteiger charge is -2.17. The standard InChI is InChI=1S/C10H10F5N/c1-6(10(13,14)15)16-5-7-2-8(11)4-9(12)3-7/h2-4,6,16H,5H2,1H3. The van der Waals surface area contributed by atoms with Gasteiger partial charge in [-0.2, -0.15) is 13.2 Å². The van der Waals surface area contributed by atoms with Crippen molar-refractivity contribution >= 4 is 0 Å². The highest BCUT2D eigenvalue weighted by molar-refractivity contribution is 5.17. The van der Waals surface area contributed by atoms with Gasteiger partial charge in [-0.3, -0.25) is 0 Å². The molecule has 6 heteroatoms. The molecule has 0 aliphatic carbocycles. The monoisotopic (exact) mass is 239 g/mol. The molecule has 1 rings (SSSR count). The highest BCUT2D eigenvalue weighted by atomic mass is 19.4. The van der Waals surface area contributed by atoms with Gasteiger partial charge >= 0.3 is 6.18 Å². The van der Waals surface area contributed by atoms with E-state index >= 15 is 0 Å². The predicted molar refractivity (Wildman–Crippen MR) is 48.7 cm³/mol. The lowest BCUT2D eigenvalue weighted by Crippen LogP contribution is -2.39. The molecule has 0 aliphatic heterocycles. The Labute approximate surface area is 89.3 Å². The summed E-state index contributed by atoms with van der Waals surface area (Å²) in [6.45, 7) is 0.699. The summed E-state index contributed by atoms with van der Waals surface area (Å²) in [5.41, 5.74) is 0.133. The van der Waals surface area contributed by atoms with Crippen molar-refractivity contribution in [1.82, 2.24) is 5.32 Å². The van der Waals surface area contributed by atoms with Crippen molar-refractivity contribution in [2.75, 3.05) is 0 Å². The molecule has 1 aromatic rings. The van der Waals surface area contributed by atoms with Crippen LogP contribution in [-0.4, -0.2) is 12.2 Å². The van der Waals surface area contributed by atoms with Crippen LogP contribution in [0.25, 0.3) is 0 Å². The second-order valence-electron chi connectivity index (χ2n) is 3.42. The maximum Gasteiger partial charge on any atom is 0.403 e. The van der Waals surface area contributed by atoms with Gasteiger partial charge in [0.05, 0.1) is 0 Å². The molecule has 0 radical (unpaired) electrons. The van der Waals surface area contributed by atoms with Crippen LogP contribution in [0, 0.1) is 11.6 Å². The molecule has 0 aliphatic rings. The first kappa shape index (κ1) is 12.9. The van der Waals surface area contributed by atoms with Crippen LogP contribution in [-0.2, 0) is 6.54 Å². The molecule has 1 aromatic carbocycles. The topological polar surface area (TPSA) is 12.0 Å². The Hall–Kier alpha value is -1.17. The maximum atomic E-state index is 12.7. The van der Waals surface area contributed by atoms with Crippen LogP contribution in [0.3, 0.4) is 0 Å². The van der Waals surface area contributed by atoms with Crippen molar-refractivity contribution in [1.29, 1.82) is 0 Å². The average Bonchev–Trinajstić information content (AvgIpc) is 2.11. The molecule has 0 fully saturated rings. The molecular weight excluding hydrogens is 229 g/mol. The molecular formula is C10H10F5N. The van der Waals surface area contributed by atoms with Crippen LogP contribution >= 0.6 is 0 Å². The smallest absolute Gasteiger partial charge is 0.302 e. The lowest BCUT2D eigenvalue weighted by atomic mass is 10.2. The Morgan fingerprint density at radius 1 is 1.12 bits per heavy atom. The Kier molecular flexibility index (Phi) is 3.85. The van der Waals surface area contributed by atoms with Crippen LogP contribution in [0.5, 0.6) is 0 Å². The van der Waals surface area contributed by atoms with Gasteiger partial charge in [0.1, 0.15) is 17.7 Å². The number of hydrogen-bond donors (Lipinski definition) is 1. The quantitative estimate of drug-likeness (QED) is 0.799. The van der Waals surface area contributed by atoms with Crippen molar-refractivity contribution in [3.63, 3.8) is 0 Å². The fourth-order valence-corrected chi connectivity index (χ4v) is 1.10. The second-order valence-corrected chi connectivity index (χ2v) is 3.42. The molecule has 90 valence electrons. The van der Waals surface area contributed by atoms with Crippen LogP contribution in [0.1, 0.15) is 12.5 Å². The van der Waals surface area contributed by atoms with Gasteiger partial charge in [-0.15, -0.1) is 0 Å². The summed E-state index contributed by atoms with van der Waals surface area (Å²) in [6, 6.07) is 0.911. The molecule has 1 atom stereocenters. The van der Waals surface area contributed by atoms with Gasteiger partial charge < -0.3 is 5.32 Å². The minimum Gasteiger partial charge on any atom is -0.302 e. The summed E-state index contributed by atoms with van der Waals surface area (Å²) in [5, 5.41) is 2.13. The molecule has 0 aromatic heterocycles. The third-order valence-corrected chi connectivity index (χ3v) is 2.03. The first-order valence-electron chi connectivity index (χ1n) is 4.54. The Morgan fingerprint density at radius 2 is 1.62 bits per heavy atom. The molecule has 0 heterocycles. The number of rotatable bonds is 3. The largest absolute Gasteiger partial charge is 0.403 e. The van der Waals surface area contributed by atoms with Gasteiger partial charge in [-0.25, -0.2) is 8.78 Å². The second kappa shape index (κ2) is 4.78. The van der Waals surface area contributed by atoms with E-state index in [-0.39, 0.29) is 12.1 Å². The zero-order valence-corrected chi connectivity index (χ0v) is 8.41. The van der Waals surface area contributed by atoms with E-state index in [0.717, 1.165) is 19.1 Å². The third kappa shape index (κ3) is 3.77. The number of alkyl halides is 3. The first-order valence-corrected chi connectivity index (χ1v) is 4.54. The fourth-order valence-electron chi connectivity index (χ4n) is 1.10. The zero-order valence-electron chi connectivity index (χ0n) is 8.41. The maximum absolute atomic E-state index is 12.7. The van der Waals surface area contributed by atoms with E-state index in [1.54, 1.807) is 0 Å².